The minimum atomic E-state index is -0.366. The van der Waals surface area contributed by atoms with Gasteiger partial charge in [-0.2, -0.15) is 0 Å². The summed E-state index contributed by atoms with van der Waals surface area (Å²) in [6, 6.07) is 13.1. The predicted octanol–water partition coefficient (Wildman–Crippen LogP) is 2.61. The molecule has 0 bridgehead atoms. The quantitative estimate of drug-likeness (QED) is 0.849. The van der Waals surface area contributed by atoms with Crippen LogP contribution in [0.4, 0.5) is 17.1 Å². The molecule has 140 valence electrons. The molecule has 2 aliphatic heterocycles. The molecule has 0 saturated carbocycles. The third-order valence-electron chi connectivity index (χ3n) is 5.40. The zero-order chi connectivity index (χ0) is 19.0. The van der Waals surface area contributed by atoms with Crippen LogP contribution in [0, 0.1) is 5.92 Å². The number of carbonyl (C=O) groups excluding carboxylic acids is 2. The van der Waals surface area contributed by atoms with Crippen LogP contribution in [-0.2, 0) is 16.0 Å². The molecular weight excluding hydrogens is 342 g/mol. The maximum Gasteiger partial charge on any atom is 0.232 e. The minimum absolute atomic E-state index is 0.00713. The van der Waals surface area contributed by atoms with Crippen LogP contribution in [0.1, 0.15) is 18.4 Å². The molecule has 6 heteroatoms. The van der Waals surface area contributed by atoms with Gasteiger partial charge in [-0.15, -0.1) is 0 Å². The topological polar surface area (TPSA) is 75.9 Å². The zero-order valence-corrected chi connectivity index (χ0v) is 15.4. The van der Waals surface area contributed by atoms with Crippen LogP contribution in [0.15, 0.2) is 42.5 Å². The molecule has 0 aromatic heterocycles. The van der Waals surface area contributed by atoms with Crippen molar-refractivity contribution in [2.75, 3.05) is 35.7 Å². The molecule has 0 radical (unpaired) electrons. The van der Waals surface area contributed by atoms with E-state index in [2.05, 4.69) is 0 Å². The molecule has 27 heavy (non-hydrogen) atoms. The maximum atomic E-state index is 13.2. The van der Waals surface area contributed by atoms with Crippen molar-refractivity contribution >= 4 is 28.9 Å². The van der Waals surface area contributed by atoms with Gasteiger partial charge in [-0.05, 0) is 42.7 Å². The molecule has 2 N–H and O–H groups in total. The van der Waals surface area contributed by atoms with Crippen LogP contribution in [0.2, 0.25) is 0 Å². The molecular formula is C21H23N3O3. The van der Waals surface area contributed by atoms with Gasteiger partial charge in [0.25, 0.3) is 0 Å². The van der Waals surface area contributed by atoms with Crippen LogP contribution < -0.4 is 20.3 Å². The van der Waals surface area contributed by atoms with Gasteiger partial charge in [0.05, 0.1) is 18.7 Å². The average molecular weight is 365 g/mol. The summed E-state index contributed by atoms with van der Waals surface area (Å²) in [5.41, 5.74) is 9.45. The Labute approximate surface area is 158 Å². The molecule has 2 aliphatic rings. The summed E-state index contributed by atoms with van der Waals surface area (Å²) in [5, 5.41) is 0. The number of rotatable bonds is 3. The molecule has 2 heterocycles. The molecule has 1 atom stereocenters. The number of carbonyl (C=O) groups is 2. The van der Waals surface area contributed by atoms with Gasteiger partial charge in [0, 0.05) is 30.9 Å². The van der Waals surface area contributed by atoms with Crippen molar-refractivity contribution in [2.45, 2.75) is 19.3 Å². The van der Waals surface area contributed by atoms with Crippen molar-refractivity contribution < 1.29 is 14.3 Å². The zero-order valence-electron chi connectivity index (χ0n) is 15.4. The lowest BCUT2D eigenvalue weighted by Crippen LogP contribution is -2.40. The first-order valence-electron chi connectivity index (χ1n) is 9.22. The molecule has 1 saturated heterocycles. The number of amides is 2. The Hall–Kier alpha value is -3.02. The molecule has 4 rings (SSSR count). The number of benzene rings is 2. The van der Waals surface area contributed by atoms with Gasteiger partial charge in [-0.3, -0.25) is 9.59 Å². The summed E-state index contributed by atoms with van der Waals surface area (Å²) in [6.45, 7) is 1.03. The highest BCUT2D eigenvalue weighted by Gasteiger charge is 2.39. The number of hydrogen-bond donors (Lipinski definition) is 1. The van der Waals surface area contributed by atoms with Crippen LogP contribution in [0.5, 0.6) is 5.75 Å². The van der Waals surface area contributed by atoms with E-state index < -0.39 is 0 Å². The molecule has 2 aromatic rings. The van der Waals surface area contributed by atoms with E-state index in [1.807, 2.05) is 42.5 Å². The second-order valence-electron chi connectivity index (χ2n) is 7.02. The van der Waals surface area contributed by atoms with E-state index in [4.69, 9.17) is 10.5 Å². The van der Waals surface area contributed by atoms with Gasteiger partial charge in [-0.1, -0.05) is 18.2 Å². The van der Waals surface area contributed by atoms with E-state index in [1.165, 1.54) is 0 Å². The smallest absolute Gasteiger partial charge is 0.232 e. The molecule has 1 unspecified atom stereocenters. The van der Waals surface area contributed by atoms with E-state index in [0.717, 1.165) is 29.8 Å². The summed E-state index contributed by atoms with van der Waals surface area (Å²) < 4.78 is 5.37. The summed E-state index contributed by atoms with van der Waals surface area (Å²) in [7, 11) is 1.58. The molecule has 0 aliphatic carbocycles. The summed E-state index contributed by atoms with van der Waals surface area (Å²) in [4.78, 5) is 29.3. The van der Waals surface area contributed by atoms with E-state index >= 15 is 0 Å². The lowest BCUT2D eigenvalue weighted by molar-refractivity contribution is -0.124. The third kappa shape index (κ3) is 3.01. The second kappa shape index (κ2) is 6.95. The fourth-order valence-electron chi connectivity index (χ4n) is 4.06. The normalized spacial score (nSPS) is 19.1. The number of hydrogen-bond acceptors (Lipinski definition) is 4. The first-order valence-corrected chi connectivity index (χ1v) is 9.22. The van der Waals surface area contributed by atoms with Crippen molar-refractivity contribution in [3.63, 3.8) is 0 Å². The molecule has 1 fully saturated rings. The van der Waals surface area contributed by atoms with Crippen molar-refractivity contribution in [1.82, 2.24) is 0 Å². The van der Waals surface area contributed by atoms with Gasteiger partial charge >= 0.3 is 0 Å². The molecule has 6 nitrogen and oxygen atoms in total. The van der Waals surface area contributed by atoms with E-state index in [-0.39, 0.29) is 24.2 Å². The highest BCUT2D eigenvalue weighted by atomic mass is 16.5. The number of nitrogens with two attached hydrogens (primary N) is 1. The van der Waals surface area contributed by atoms with Crippen molar-refractivity contribution in [3.05, 3.63) is 48.0 Å². The van der Waals surface area contributed by atoms with E-state index in [9.17, 15) is 9.59 Å². The predicted molar refractivity (Wildman–Crippen MR) is 105 cm³/mol. The Morgan fingerprint density at radius 2 is 1.93 bits per heavy atom. The number of para-hydroxylation sites is 2. The lowest BCUT2D eigenvalue weighted by Gasteiger charge is -2.32. The SMILES string of the molecule is COc1ccccc1N1CC(C(=O)N2CCCc3c(N)cccc32)CC1=O. The molecule has 2 aromatic carbocycles. The Bertz CT molecular complexity index is 896. The lowest BCUT2D eigenvalue weighted by atomic mass is 9.97. The van der Waals surface area contributed by atoms with Crippen molar-refractivity contribution in [1.29, 1.82) is 0 Å². The van der Waals surface area contributed by atoms with E-state index in [0.29, 0.717) is 24.5 Å². The van der Waals surface area contributed by atoms with Gasteiger partial charge in [0.15, 0.2) is 0 Å². The number of nitrogen functional groups attached to an aromatic ring is 1. The highest BCUT2D eigenvalue weighted by molar-refractivity contribution is 6.05. The number of ether oxygens (including phenoxy) is 1. The maximum absolute atomic E-state index is 13.2. The van der Waals surface area contributed by atoms with Gasteiger partial charge in [0.1, 0.15) is 5.75 Å². The second-order valence-corrected chi connectivity index (χ2v) is 7.02. The Kier molecular flexibility index (Phi) is 4.48. The molecule has 2 amide bonds. The molecule has 0 spiro atoms. The van der Waals surface area contributed by atoms with Gasteiger partial charge in [-0.25, -0.2) is 0 Å². The Morgan fingerprint density at radius 3 is 2.74 bits per heavy atom. The number of anilines is 3. The largest absolute Gasteiger partial charge is 0.495 e. The van der Waals surface area contributed by atoms with Crippen molar-refractivity contribution in [2.24, 2.45) is 5.92 Å². The summed E-state index contributed by atoms with van der Waals surface area (Å²) in [6.07, 6.45) is 1.97. The van der Waals surface area contributed by atoms with Crippen LogP contribution in [0.25, 0.3) is 0 Å². The summed E-state index contributed by atoms with van der Waals surface area (Å²) >= 11 is 0. The first-order chi connectivity index (χ1) is 13.1. The fourth-order valence-corrected chi connectivity index (χ4v) is 4.06. The van der Waals surface area contributed by atoms with Gasteiger partial charge in [0.2, 0.25) is 11.8 Å². The Morgan fingerprint density at radius 1 is 1.15 bits per heavy atom. The highest BCUT2D eigenvalue weighted by Crippen LogP contribution is 2.36. The average Bonchev–Trinajstić information content (AvgIpc) is 3.09. The first kappa shape index (κ1) is 17.4. The van der Waals surface area contributed by atoms with Gasteiger partial charge < -0.3 is 20.3 Å². The number of nitrogens with zero attached hydrogens (tertiary/aromatic N) is 2. The number of methoxy groups -OCH3 is 1. The number of fused-ring (bicyclic) bond motifs is 1. The Balaban J connectivity index is 1.58. The fraction of sp³-hybridized carbons (Fsp3) is 0.333. The standard InChI is InChI=1S/C21H23N3O3/c1-27-19-10-3-2-8-18(19)24-13-14(12-20(24)25)21(26)23-11-5-6-15-16(22)7-4-9-17(15)23/h2-4,7-10,14H,5-6,11-13,22H2,1H3. The van der Waals surface area contributed by atoms with Crippen LogP contribution in [-0.4, -0.2) is 32.0 Å². The summed E-state index contributed by atoms with van der Waals surface area (Å²) in [5.74, 6) is 0.208. The van der Waals surface area contributed by atoms with E-state index in [1.54, 1.807) is 16.9 Å². The third-order valence-corrected chi connectivity index (χ3v) is 5.40. The van der Waals surface area contributed by atoms with Crippen LogP contribution in [0.3, 0.4) is 0 Å². The minimum Gasteiger partial charge on any atom is -0.495 e. The monoisotopic (exact) mass is 365 g/mol. The van der Waals surface area contributed by atoms with Crippen LogP contribution >= 0.6 is 0 Å². The van der Waals surface area contributed by atoms with Crippen molar-refractivity contribution in [3.8, 4) is 5.75 Å².